The fraction of sp³-hybridized carbons (Fsp3) is 0.318. The third kappa shape index (κ3) is 4.63. The molecule has 164 valence electrons. The number of nitrogens with one attached hydrogen (secondary N) is 1. The number of nitrogens with zero attached hydrogens (tertiary/aromatic N) is 6. The Morgan fingerprint density at radius 1 is 1.12 bits per heavy atom. The molecule has 1 aliphatic heterocycles. The normalized spacial score (nSPS) is 15.6. The standard InChI is InChI=1S/C22H20B3N7O2/c1-31-4-2-13(3-5-31)21-29-18(12-34-21)20(33)30-19-7-14-6-15(8-26-17(14)10-27-19)16-9-28-32(11-16)22(23,24)25/h6-13H,2-5H2,1H3,(H,27,30,33). The number of carbonyl (C=O) groups excluding carboxylic acids is 1. The van der Waals surface area contributed by atoms with Crippen molar-refractivity contribution >= 4 is 46.2 Å². The van der Waals surface area contributed by atoms with E-state index in [2.05, 4.69) is 37.3 Å². The number of amides is 1. The van der Waals surface area contributed by atoms with Gasteiger partial charge in [0.05, 0.1) is 41.4 Å². The van der Waals surface area contributed by atoms with Crippen LogP contribution in [0.25, 0.3) is 22.0 Å². The Morgan fingerprint density at radius 2 is 1.91 bits per heavy atom. The van der Waals surface area contributed by atoms with Crippen LogP contribution >= 0.6 is 0 Å². The summed E-state index contributed by atoms with van der Waals surface area (Å²) in [6.07, 6.45) is 9.83. The van der Waals surface area contributed by atoms with E-state index in [0.29, 0.717) is 17.2 Å². The summed E-state index contributed by atoms with van der Waals surface area (Å²) >= 11 is 0. The smallest absolute Gasteiger partial charge is 0.278 e. The van der Waals surface area contributed by atoms with Crippen LogP contribution in [0.4, 0.5) is 5.82 Å². The molecular weight excluding hydrogens is 427 g/mol. The van der Waals surface area contributed by atoms with Gasteiger partial charge in [0.1, 0.15) is 12.1 Å². The Balaban J connectivity index is 1.33. The van der Waals surface area contributed by atoms with Crippen LogP contribution in [0, 0.1) is 0 Å². The molecule has 1 saturated heterocycles. The number of oxazole rings is 1. The lowest BCUT2D eigenvalue weighted by Crippen LogP contribution is -2.35. The Kier molecular flexibility index (Phi) is 5.77. The first-order valence-electron chi connectivity index (χ1n) is 10.9. The van der Waals surface area contributed by atoms with Gasteiger partial charge >= 0.3 is 0 Å². The maximum Gasteiger partial charge on any atom is 0.278 e. The minimum absolute atomic E-state index is 0.226. The van der Waals surface area contributed by atoms with E-state index in [9.17, 15) is 4.79 Å². The molecule has 0 saturated carbocycles. The number of hydrogen-bond acceptors (Lipinski definition) is 7. The third-order valence-corrected chi connectivity index (χ3v) is 5.94. The predicted molar refractivity (Wildman–Crippen MR) is 130 cm³/mol. The van der Waals surface area contributed by atoms with Gasteiger partial charge < -0.3 is 14.6 Å². The zero-order valence-electron chi connectivity index (χ0n) is 18.7. The lowest BCUT2D eigenvalue weighted by atomic mass is 9.49. The SMILES string of the molecule is [B]C([B])([B])n1cc(-c2cnc3cnc(NC(=O)c4coc(C5CCN(C)CC5)n4)cc3c2)cn1. The number of piperidine rings is 1. The number of aromatic nitrogens is 5. The summed E-state index contributed by atoms with van der Waals surface area (Å²) in [6.45, 7) is 1.97. The molecule has 4 aromatic rings. The second-order valence-electron chi connectivity index (χ2n) is 8.65. The number of anilines is 1. The second-order valence-corrected chi connectivity index (χ2v) is 8.65. The number of pyridine rings is 2. The highest BCUT2D eigenvalue weighted by molar-refractivity contribution is 6.56. The molecule has 0 spiro atoms. The van der Waals surface area contributed by atoms with Gasteiger partial charge in [-0.2, -0.15) is 5.10 Å². The summed E-state index contributed by atoms with van der Waals surface area (Å²) in [7, 11) is 19.1. The van der Waals surface area contributed by atoms with Gasteiger partial charge in [-0.25, -0.2) is 9.97 Å². The van der Waals surface area contributed by atoms with Crippen molar-refractivity contribution in [1.29, 1.82) is 0 Å². The molecule has 5 heterocycles. The molecule has 4 aromatic heterocycles. The van der Waals surface area contributed by atoms with Crippen LogP contribution in [0.1, 0.15) is 35.1 Å². The van der Waals surface area contributed by atoms with Crippen LogP contribution in [0.5, 0.6) is 0 Å². The number of hydrogen-bond donors (Lipinski definition) is 1. The van der Waals surface area contributed by atoms with Crippen molar-refractivity contribution in [3.8, 4) is 11.1 Å². The van der Waals surface area contributed by atoms with E-state index in [1.807, 2.05) is 6.07 Å². The fourth-order valence-corrected chi connectivity index (χ4v) is 3.96. The maximum atomic E-state index is 12.7. The number of carbonyl (C=O) groups is 1. The van der Waals surface area contributed by atoms with Gasteiger partial charge in [0, 0.05) is 34.8 Å². The van der Waals surface area contributed by atoms with Gasteiger partial charge in [-0.3, -0.25) is 14.5 Å². The van der Waals surface area contributed by atoms with Crippen molar-refractivity contribution in [3.05, 3.63) is 54.8 Å². The molecule has 34 heavy (non-hydrogen) atoms. The van der Waals surface area contributed by atoms with Crippen LogP contribution in [-0.2, 0) is 5.24 Å². The molecule has 6 radical (unpaired) electrons. The van der Waals surface area contributed by atoms with Crippen molar-refractivity contribution in [2.75, 3.05) is 25.5 Å². The maximum absolute atomic E-state index is 12.7. The summed E-state index contributed by atoms with van der Waals surface area (Å²) in [5, 5.41) is 6.06. The lowest BCUT2D eigenvalue weighted by molar-refractivity contribution is 0.102. The van der Waals surface area contributed by atoms with Crippen LogP contribution in [0.3, 0.4) is 0 Å². The van der Waals surface area contributed by atoms with E-state index < -0.39 is 5.24 Å². The molecule has 1 N–H and O–H groups in total. The second kappa shape index (κ2) is 8.75. The fourth-order valence-electron chi connectivity index (χ4n) is 3.96. The van der Waals surface area contributed by atoms with Crippen molar-refractivity contribution in [2.45, 2.75) is 24.0 Å². The molecule has 0 aliphatic carbocycles. The molecular formula is C22H20B3N7O2. The number of likely N-dealkylation sites (tertiary alicyclic amines) is 1. The van der Waals surface area contributed by atoms with E-state index in [4.69, 9.17) is 28.0 Å². The summed E-state index contributed by atoms with van der Waals surface area (Å²) in [5.41, 5.74) is 2.42. The summed E-state index contributed by atoms with van der Waals surface area (Å²) in [6, 6.07) is 3.64. The van der Waals surface area contributed by atoms with Crippen molar-refractivity contribution < 1.29 is 9.21 Å². The monoisotopic (exact) mass is 447 g/mol. The summed E-state index contributed by atoms with van der Waals surface area (Å²) < 4.78 is 6.87. The van der Waals surface area contributed by atoms with Gasteiger partial charge in [0.15, 0.2) is 11.6 Å². The van der Waals surface area contributed by atoms with E-state index >= 15 is 0 Å². The van der Waals surface area contributed by atoms with Gasteiger partial charge in [0.25, 0.3) is 5.91 Å². The Labute approximate surface area is 200 Å². The van der Waals surface area contributed by atoms with Crippen molar-refractivity contribution in [3.63, 3.8) is 0 Å². The molecule has 5 rings (SSSR count). The van der Waals surface area contributed by atoms with Gasteiger partial charge in [-0.15, -0.1) is 0 Å². The van der Waals surface area contributed by atoms with E-state index in [-0.39, 0.29) is 17.5 Å². The molecule has 1 amide bonds. The molecule has 1 fully saturated rings. The van der Waals surface area contributed by atoms with E-state index in [0.717, 1.165) is 42.4 Å². The molecule has 12 heteroatoms. The Bertz CT molecular complexity index is 1340. The Hall–Kier alpha value is -3.40. The van der Waals surface area contributed by atoms with Crippen LogP contribution in [-0.4, -0.2) is 79.2 Å². The van der Waals surface area contributed by atoms with Crippen LogP contribution in [0.2, 0.25) is 0 Å². The van der Waals surface area contributed by atoms with Gasteiger partial charge in [0.2, 0.25) is 0 Å². The molecule has 0 atom stereocenters. The first kappa shape index (κ1) is 22.4. The summed E-state index contributed by atoms with van der Waals surface area (Å²) in [5.74, 6) is 0.829. The zero-order chi connectivity index (χ0) is 23.9. The third-order valence-electron chi connectivity index (χ3n) is 5.94. The molecule has 0 unspecified atom stereocenters. The zero-order valence-corrected chi connectivity index (χ0v) is 18.7. The van der Waals surface area contributed by atoms with Crippen LogP contribution in [0.15, 0.2) is 47.6 Å². The molecule has 0 bridgehead atoms. The van der Waals surface area contributed by atoms with E-state index in [1.54, 1.807) is 30.9 Å². The largest absolute Gasteiger partial charge is 0.448 e. The molecule has 1 aliphatic rings. The predicted octanol–water partition coefficient (Wildman–Crippen LogP) is 1.62. The topological polar surface area (TPSA) is 102 Å². The van der Waals surface area contributed by atoms with Crippen molar-refractivity contribution in [2.24, 2.45) is 0 Å². The lowest BCUT2D eigenvalue weighted by Gasteiger charge is -2.26. The van der Waals surface area contributed by atoms with Crippen LogP contribution < -0.4 is 5.32 Å². The highest BCUT2D eigenvalue weighted by Gasteiger charge is 2.24. The van der Waals surface area contributed by atoms with Crippen molar-refractivity contribution in [1.82, 2.24) is 29.6 Å². The molecule has 9 nitrogen and oxygen atoms in total. The Morgan fingerprint density at radius 3 is 2.65 bits per heavy atom. The first-order valence-corrected chi connectivity index (χ1v) is 10.9. The quantitative estimate of drug-likeness (QED) is 0.465. The minimum atomic E-state index is -1.60. The average molecular weight is 447 g/mol. The average Bonchev–Trinajstić information content (AvgIpc) is 3.49. The number of fused-ring (bicyclic) bond motifs is 1. The van der Waals surface area contributed by atoms with E-state index in [1.165, 1.54) is 10.9 Å². The highest BCUT2D eigenvalue weighted by Crippen LogP contribution is 2.27. The molecule has 0 aromatic carbocycles. The highest BCUT2D eigenvalue weighted by atomic mass is 16.3. The summed E-state index contributed by atoms with van der Waals surface area (Å²) in [4.78, 5) is 28.1. The van der Waals surface area contributed by atoms with Gasteiger partial charge in [-0.05, 0) is 50.3 Å². The minimum Gasteiger partial charge on any atom is -0.448 e. The van der Waals surface area contributed by atoms with Gasteiger partial charge in [-0.1, -0.05) is 0 Å². The number of rotatable bonds is 5. The first-order chi connectivity index (χ1) is 16.3.